The van der Waals surface area contributed by atoms with Crippen LogP contribution in [-0.2, 0) is 0 Å². The second-order valence-corrected chi connectivity index (χ2v) is 3.33. The highest BCUT2D eigenvalue weighted by Crippen LogP contribution is 2.09. The first-order valence-electron chi connectivity index (χ1n) is 4.39. The molecule has 1 fully saturated rings. The molecule has 1 heterocycles. The molecule has 4 heteroatoms. The Morgan fingerprint density at radius 1 is 1.58 bits per heavy atom. The minimum atomic E-state index is -2.21. The van der Waals surface area contributed by atoms with Crippen molar-refractivity contribution in [2.45, 2.75) is 25.3 Å². The van der Waals surface area contributed by atoms with Crippen molar-refractivity contribution in [1.82, 2.24) is 10.2 Å². The molecule has 1 unspecified atom stereocenters. The summed E-state index contributed by atoms with van der Waals surface area (Å²) in [5, 5.41) is 3.20. The third-order valence-corrected chi connectivity index (χ3v) is 2.32. The van der Waals surface area contributed by atoms with E-state index in [2.05, 4.69) is 5.32 Å². The van der Waals surface area contributed by atoms with E-state index in [9.17, 15) is 8.78 Å². The number of halogens is 2. The van der Waals surface area contributed by atoms with E-state index in [1.807, 2.05) is 0 Å². The summed E-state index contributed by atoms with van der Waals surface area (Å²) in [5.74, 6) is 0. The Labute approximate surface area is 71.9 Å². The maximum atomic E-state index is 12.0. The number of hydrogen-bond acceptors (Lipinski definition) is 2. The van der Waals surface area contributed by atoms with Gasteiger partial charge >= 0.3 is 0 Å². The lowest BCUT2D eigenvalue weighted by atomic mass is 10.1. The number of likely N-dealkylation sites (N-methyl/N-ethyl adjacent to an activating group) is 1. The highest BCUT2D eigenvalue weighted by atomic mass is 19.3. The first kappa shape index (κ1) is 9.86. The minimum absolute atomic E-state index is 0.105. The molecule has 1 aliphatic rings. The Bertz CT molecular complexity index is 124. The van der Waals surface area contributed by atoms with Crippen molar-refractivity contribution in [3.05, 3.63) is 0 Å². The van der Waals surface area contributed by atoms with E-state index in [0.29, 0.717) is 6.04 Å². The summed E-state index contributed by atoms with van der Waals surface area (Å²) < 4.78 is 24.0. The standard InChI is InChI=1S/C8H16F2N2/c1-12(6-8(9)10)7-3-2-4-11-5-7/h7-8,11H,2-6H2,1H3. The second-order valence-electron chi connectivity index (χ2n) is 3.33. The fraction of sp³-hybridized carbons (Fsp3) is 1.00. The average molecular weight is 178 g/mol. The zero-order valence-electron chi connectivity index (χ0n) is 7.39. The van der Waals surface area contributed by atoms with Crippen LogP contribution in [0.4, 0.5) is 8.78 Å². The van der Waals surface area contributed by atoms with E-state index in [1.165, 1.54) is 0 Å². The molecular formula is C8H16F2N2. The fourth-order valence-corrected chi connectivity index (χ4v) is 1.58. The molecule has 12 heavy (non-hydrogen) atoms. The Kier molecular flexibility index (Phi) is 3.88. The zero-order valence-corrected chi connectivity index (χ0v) is 7.39. The molecule has 0 aromatic carbocycles. The molecule has 0 saturated carbocycles. The first-order chi connectivity index (χ1) is 5.70. The monoisotopic (exact) mass is 178 g/mol. The molecule has 0 bridgehead atoms. The number of nitrogens with zero attached hydrogens (tertiary/aromatic N) is 1. The smallest absolute Gasteiger partial charge is 0.251 e. The highest BCUT2D eigenvalue weighted by Gasteiger charge is 2.19. The topological polar surface area (TPSA) is 15.3 Å². The molecule has 1 saturated heterocycles. The van der Waals surface area contributed by atoms with Crippen LogP contribution in [0.15, 0.2) is 0 Å². The van der Waals surface area contributed by atoms with Gasteiger partial charge in [0.2, 0.25) is 0 Å². The summed E-state index contributed by atoms with van der Waals surface area (Å²) in [6.45, 7) is 1.77. The molecule has 72 valence electrons. The van der Waals surface area contributed by atoms with Gasteiger partial charge in [-0.05, 0) is 26.4 Å². The molecule has 0 radical (unpaired) electrons. The predicted octanol–water partition coefficient (Wildman–Crippen LogP) is 0.935. The maximum absolute atomic E-state index is 12.0. The van der Waals surface area contributed by atoms with Crippen LogP contribution in [0.1, 0.15) is 12.8 Å². The number of nitrogens with one attached hydrogen (secondary N) is 1. The van der Waals surface area contributed by atoms with Crippen molar-refractivity contribution in [3.63, 3.8) is 0 Å². The Morgan fingerprint density at radius 3 is 2.83 bits per heavy atom. The molecule has 0 aromatic rings. The minimum Gasteiger partial charge on any atom is -0.315 e. The maximum Gasteiger partial charge on any atom is 0.251 e. The van der Waals surface area contributed by atoms with Gasteiger partial charge in [0.05, 0.1) is 6.54 Å². The van der Waals surface area contributed by atoms with Gasteiger partial charge in [-0.3, -0.25) is 4.90 Å². The Hall–Kier alpha value is -0.220. The SMILES string of the molecule is CN(CC(F)F)C1CCCNC1. The predicted molar refractivity (Wildman–Crippen MR) is 44.5 cm³/mol. The molecule has 1 atom stereocenters. The van der Waals surface area contributed by atoms with Gasteiger partial charge in [-0.25, -0.2) is 8.78 Å². The molecule has 1 N–H and O–H groups in total. The van der Waals surface area contributed by atoms with Crippen molar-refractivity contribution < 1.29 is 8.78 Å². The van der Waals surface area contributed by atoms with E-state index in [1.54, 1.807) is 11.9 Å². The van der Waals surface area contributed by atoms with Crippen LogP contribution in [0, 0.1) is 0 Å². The van der Waals surface area contributed by atoms with Crippen molar-refractivity contribution in [2.75, 3.05) is 26.7 Å². The van der Waals surface area contributed by atoms with Crippen molar-refractivity contribution >= 4 is 0 Å². The number of piperidine rings is 1. The van der Waals surface area contributed by atoms with Gasteiger partial charge in [-0.15, -0.1) is 0 Å². The molecular weight excluding hydrogens is 162 g/mol. The van der Waals surface area contributed by atoms with Gasteiger partial charge in [-0.2, -0.15) is 0 Å². The van der Waals surface area contributed by atoms with Gasteiger partial charge < -0.3 is 5.32 Å². The van der Waals surface area contributed by atoms with Gasteiger partial charge in [0.25, 0.3) is 6.43 Å². The van der Waals surface area contributed by atoms with Gasteiger partial charge in [0.1, 0.15) is 0 Å². The summed E-state index contributed by atoms with van der Waals surface area (Å²) in [5.41, 5.74) is 0. The first-order valence-corrected chi connectivity index (χ1v) is 4.39. The second kappa shape index (κ2) is 4.72. The van der Waals surface area contributed by atoms with Crippen molar-refractivity contribution in [3.8, 4) is 0 Å². The van der Waals surface area contributed by atoms with Gasteiger partial charge in [0.15, 0.2) is 0 Å². The fourth-order valence-electron chi connectivity index (χ4n) is 1.58. The Balaban J connectivity index is 2.24. The van der Waals surface area contributed by atoms with E-state index in [0.717, 1.165) is 25.9 Å². The van der Waals surface area contributed by atoms with Crippen LogP contribution in [0.5, 0.6) is 0 Å². The molecule has 0 aromatic heterocycles. The van der Waals surface area contributed by atoms with E-state index in [-0.39, 0.29) is 6.54 Å². The lowest BCUT2D eigenvalue weighted by Crippen LogP contribution is -2.45. The van der Waals surface area contributed by atoms with Crippen LogP contribution in [0.2, 0.25) is 0 Å². The van der Waals surface area contributed by atoms with Crippen LogP contribution < -0.4 is 5.32 Å². The van der Waals surface area contributed by atoms with Crippen molar-refractivity contribution in [2.24, 2.45) is 0 Å². The average Bonchev–Trinajstić information content (AvgIpc) is 2.05. The van der Waals surface area contributed by atoms with E-state index >= 15 is 0 Å². The third kappa shape index (κ3) is 3.03. The molecule has 0 spiro atoms. The lowest BCUT2D eigenvalue weighted by molar-refractivity contribution is 0.0741. The molecule has 0 amide bonds. The van der Waals surface area contributed by atoms with E-state index < -0.39 is 6.43 Å². The summed E-state index contributed by atoms with van der Waals surface area (Å²) in [6.07, 6.45) is -0.0778. The molecule has 1 aliphatic heterocycles. The third-order valence-electron chi connectivity index (χ3n) is 2.32. The molecule has 2 nitrogen and oxygen atoms in total. The number of alkyl halides is 2. The van der Waals surface area contributed by atoms with Crippen LogP contribution in [0.25, 0.3) is 0 Å². The quantitative estimate of drug-likeness (QED) is 0.691. The number of hydrogen-bond donors (Lipinski definition) is 1. The lowest BCUT2D eigenvalue weighted by Gasteiger charge is -2.31. The zero-order chi connectivity index (χ0) is 8.97. The van der Waals surface area contributed by atoms with Crippen LogP contribution >= 0.6 is 0 Å². The molecule has 0 aliphatic carbocycles. The summed E-state index contributed by atoms with van der Waals surface area (Å²) in [6, 6.07) is 0.299. The molecule has 1 rings (SSSR count). The van der Waals surface area contributed by atoms with Gasteiger partial charge in [0, 0.05) is 12.6 Å². The summed E-state index contributed by atoms with van der Waals surface area (Å²) in [4.78, 5) is 1.75. The van der Waals surface area contributed by atoms with E-state index in [4.69, 9.17) is 0 Å². The normalized spacial score (nSPS) is 25.2. The largest absolute Gasteiger partial charge is 0.315 e. The summed E-state index contributed by atoms with van der Waals surface area (Å²) in [7, 11) is 1.77. The van der Waals surface area contributed by atoms with Gasteiger partial charge in [-0.1, -0.05) is 0 Å². The Morgan fingerprint density at radius 2 is 2.33 bits per heavy atom. The highest BCUT2D eigenvalue weighted by molar-refractivity contribution is 4.76. The van der Waals surface area contributed by atoms with Crippen LogP contribution in [0.3, 0.4) is 0 Å². The van der Waals surface area contributed by atoms with Crippen molar-refractivity contribution in [1.29, 1.82) is 0 Å². The number of rotatable bonds is 3. The summed E-state index contributed by atoms with van der Waals surface area (Å²) >= 11 is 0. The van der Waals surface area contributed by atoms with Crippen LogP contribution in [-0.4, -0.2) is 44.0 Å².